The number of halogens is 1. The summed E-state index contributed by atoms with van der Waals surface area (Å²) in [6.45, 7) is 4.78. The minimum Gasteiger partial charge on any atom is -0.390 e. The molecule has 0 spiro atoms. The van der Waals surface area contributed by atoms with Crippen molar-refractivity contribution in [3.05, 3.63) is 23.1 Å². The van der Waals surface area contributed by atoms with Gasteiger partial charge in [0.25, 0.3) is 0 Å². The molecule has 1 atom stereocenters. The number of hydrogen-bond acceptors (Lipinski definition) is 8. The molecule has 0 aromatic carbocycles. The van der Waals surface area contributed by atoms with Crippen LogP contribution in [0.15, 0.2) is 6.07 Å². The second-order valence-electron chi connectivity index (χ2n) is 10.7. The lowest BCUT2D eigenvalue weighted by atomic mass is 9.84. The molecule has 0 radical (unpaired) electrons. The summed E-state index contributed by atoms with van der Waals surface area (Å²) in [5, 5.41) is 18.8. The van der Waals surface area contributed by atoms with Gasteiger partial charge in [-0.1, -0.05) is 0 Å². The second kappa shape index (κ2) is 8.65. The molecule has 0 amide bonds. The Balaban J connectivity index is 1.39. The maximum absolute atomic E-state index is 14.0. The van der Waals surface area contributed by atoms with Crippen LogP contribution in [-0.2, 0) is 12.8 Å². The average molecular weight is 481 g/mol. The number of aliphatic hydroxyl groups is 1. The Hall–Kier alpha value is -2.88. The average Bonchev–Trinajstić information content (AvgIpc) is 3.46. The molecule has 2 N–H and O–H groups in total. The molecule has 186 valence electrons. The van der Waals surface area contributed by atoms with E-state index in [4.69, 9.17) is 25.0 Å². The van der Waals surface area contributed by atoms with Crippen LogP contribution in [0.3, 0.4) is 0 Å². The van der Waals surface area contributed by atoms with Gasteiger partial charge in [-0.2, -0.15) is 19.6 Å². The monoisotopic (exact) mass is 480 g/mol. The van der Waals surface area contributed by atoms with Crippen LogP contribution in [0.25, 0.3) is 17.0 Å². The number of aromatic nitrogens is 6. The number of alkyl halides is 1. The van der Waals surface area contributed by atoms with E-state index in [9.17, 15) is 9.50 Å². The summed E-state index contributed by atoms with van der Waals surface area (Å²) >= 11 is 0. The van der Waals surface area contributed by atoms with Crippen molar-refractivity contribution >= 4 is 17.5 Å². The summed E-state index contributed by atoms with van der Waals surface area (Å²) in [4.78, 5) is 21.2. The highest BCUT2D eigenvalue weighted by Gasteiger charge is 2.30. The molecule has 2 fully saturated rings. The molecule has 3 aromatic heterocycles. The largest absolute Gasteiger partial charge is 0.390 e. The SMILES string of the molecule is Cc1nc2c(nc1-c1cc3nc(N4CC[C@@H](F)C4)nc(NC4CCC(C)(O)CC4)n3n1)CCCC2. The van der Waals surface area contributed by atoms with Gasteiger partial charge in [-0.3, -0.25) is 4.98 Å². The number of fused-ring (bicyclic) bond motifs is 2. The maximum atomic E-state index is 14.0. The summed E-state index contributed by atoms with van der Waals surface area (Å²) in [6.07, 6.45) is 7.01. The minimum atomic E-state index is -0.860. The summed E-state index contributed by atoms with van der Waals surface area (Å²) < 4.78 is 15.7. The first-order valence-electron chi connectivity index (χ1n) is 12.9. The second-order valence-corrected chi connectivity index (χ2v) is 10.7. The van der Waals surface area contributed by atoms with E-state index in [1.165, 1.54) is 0 Å². The Morgan fingerprint density at radius 3 is 2.51 bits per heavy atom. The summed E-state index contributed by atoms with van der Waals surface area (Å²) in [5.41, 5.74) is 4.57. The van der Waals surface area contributed by atoms with E-state index >= 15 is 0 Å². The lowest BCUT2D eigenvalue weighted by Crippen LogP contribution is -2.36. The zero-order valence-electron chi connectivity index (χ0n) is 20.5. The summed E-state index contributed by atoms with van der Waals surface area (Å²) in [7, 11) is 0. The molecule has 35 heavy (non-hydrogen) atoms. The van der Waals surface area contributed by atoms with Gasteiger partial charge in [0.2, 0.25) is 11.9 Å². The van der Waals surface area contributed by atoms with Gasteiger partial charge in [0.15, 0.2) is 5.65 Å². The van der Waals surface area contributed by atoms with E-state index in [1.54, 1.807) is 4.52 Å². The van der Waals surface area contributed by atoms with Crippen LogP contribution >= 0.6 is 0 Å². The Morgan fingerprint density at radius 2 is 1.80 bits per heavy atom. The Bertz CT molecular complexity index is 1250. The number of nitrogens with one attached hydrogen (secondary N) is 1. The predicted octanol–water partition coefficient (Wildman–Crippen LogP) is 3.42. The summed E-state index contributed by atoms with van der Waals surface area (Å²) in [5.74, 6) is 1.11. The smallest absolute Gasteiger partial charge is 0.230 e. The highest BCUT2D eigenvalue weighted by Crippen LogP contribution is 2.31. The molecule has 3 aromatic rings. The third-order valence-electron chi connectivity index (χ3n) is 7.67. The lowest BCUT2D eigenvalue weighted by molar-refractivity contribution is 0.0195. The van der Waals surface area contributed by atoms with Crippen LogP contribution in [0, 0.1) is 6.92 Å². The molecular weight excluding hydrogens is 447 g/mol. The molecule has 10 heteroatoms. The summed E-state index contributed by atoms with van der Waals surface area (Å²) in [6, 6.07) is 2.10. The van der Waals surface area contributed by atoms with Crippen molar-refractivity contribution in [1.82, 2.24) is 29.5 Å². The van der Waals surface area contributed by atoms with Gasteiger partial charge < -0.3 is 15.3 Å². The first-order valence-corrected chi connectivity index (χ1v) is 12.9. The number of hydrogen-bond donors (Lipinski definition) is 2. The first-order chi connectivity index (χ1) is 16.8. The number of anilines is 2. The van der Waals surface area contributed by atoms with Crippen molar-refractivity contribution < 1.29 is 9.50 Å². The zero-order valence-corrected chi connectivity index (χ0v) is 20.5. The van der Waals surface area contributed by atoms with Gasteiger partial charge in [-0.15, -0.1) is 0 Å². The molecular formula is C25H33FN8O. The van der Waals surface area contributed by atoms with Gasteiger partial charge in [0.1, 0.15) is 17.6 Å². The third kappa shape index (κ3) is 4.44. The van der Waals surface area contributed by atoms with E-state index in [2.05, 4.69) is 5.32 Å². The molecule has 4 heterocycles. The van der Waals surface area contributed by atoms with Crippen molar-refractivity contribution in [2.45, 2.75) is 89.4 Å². The van der Waals surface area contributed by atoms with E-state index in [-0.39, 0.29) is 6.04 Å². The number of nitrogens with zero attached hydrogens (tertiary/aromatic N) is 7. The van der Waals surface area contributed by atoms with Gasteiger partial charge >= 0.3 is 0 Å². The highest BCUT2D eigenvalue weighted by atomic mass is 19.1. The standard InChI is InChI=1S/C25H33FN8O/c1-15-22(29-19-6-4-3-5-18(19)27-15)20-13-21-30-23(33-12-9-16(26)14-33)31-24(34(21)32-20)28-17-7-10-25(2,35)11-8-17/h13,16-17,35H,3-12,14H2,1-2H3,(H,28,30,31)/t16-,17?,25?/m1/s1. The van der Waals surface area contributed by atoms with Crippen LogP contribution in [0.2, 0.25) is 0 Å². The fraction of sp³-hybridized carbons (Fsp3) is 0.640. The van der Waals surface area contributed by atoms with Gasteiger partial charge in [-0.05, 0) is 71.6 Å². The van der Waals surface area contributed by atoms with Crippen molar-refractivity contribution in [3.8, 4) is 11.4 Å². The Labute approximate surface area is 204 Å². The van der Waals surface area contributed by atoms with Gasteiger partial charge in [0, 0.05) is 18.7 Å². The van der Waals surface area contributed by atoms with Crippen molar-refractivity contribution in [2.24, 2.45) is 0 Å². The topological polar surface area (TPSA) is 104 Å². The Kier molecular flexibility index (Phi) is 5.58. The van der Waals surface area contributed by atoms with Gasteiger partial charge in [-0.25, -0.2) is 9.37 Å². The van der Waals surface area contributed by atoms with E-state index < -0.39 is 11.8 Å². The van der Waals surface area contributed by atoms with E-state index in [0.29, 0.717) is 42.7 Å². The van der Waals surface area contributed by atoms with E-state index in [0.717, 1.165) is 74.1 Å². The van der Waals surface area contributed by atoms with Crippen LogP contribution in [0.4, 0.5) is 16.3 Å². The molecule has 1 saturated carbocycles. The van der Waals surface area contributed by atoms with Crippen LogP contribution in [0.5, 0.6) is 0 Å². The molecule has 2 aliphatic carbocycles. The molecule has 0 bridgehead atoms. The normalized spacial score (nSPS) is 26.8. The van der Waals surface area contributed by atoms with Crippen molar-refractivity contribution in [1.29, 1.82) is 0 Å². The quantitative estimate of drug-likeness (QED) is 0.585. The first kappa shape index (κ1) is 22.6. The highest BCUT2D eigenvalue weighted by molar-refractivity contribution is 5.65. The minimum absolute atomic E-state index is 0.173. The lowest BCUT2D eigenvalue weighted by Gasteiger charge is -2.33. The molecule has 1 saturated heterocycles. The molecule has 6 rings (SSSR count). The fourth-order valence-corrected chi connectivity index (χ4v) is 5.52. The van der Waals surface area contributed by atoms with Crippen LogP contribution in [0.1, 0.15) is 69.0 Å². The molecule has 1 aliphatic heterocycles. The molecule has 3 aliphatic rings. The fourth-order valence-electron chi connectivity index (χ4n) is 5.52. The van der Waals surface area contributed by atoms with Crippen molar-refractivity contribution in [2.75, 3.05) is 23.3 Å². The van der Waals surface area contributed by atoms with E-state index in [1.807, 2.05) is 24.8 Å². The number of rotatable bonds is 4. The predicted molar refractivity (Wildman–Crippen MR) is 131 cm³/mol. The Morgan fingerprint density at radius 1 is 1.06 bits per heavy atom. The van der Waals surface area contributed by atoms with Gasteiger partial charge in [0.05, 0.1) is 29.2 Å². The van der Waals surface area contributed by atoms with Crippen LogP contribution in [-0.4, -0.2) is 65.6 Å². The van der Waals surface area contributed by atoms with Crippen LogP contribution < -0.4 is 10.2 Å². The maximum Gasteiger partial charge on any atom is 0.230 e. The number of aryl methyl sites for hydroxylation is 3. The van der Waals surface area contributed by atoms with Crippen molar-refractivity contribution in [3.63, 3.8) is 0 Å². The third-order valence-corrected chi connectivity index (χ3v) is 7.67. The molecule has 0 unspecified atom stereocenters. The zero-order chi connectivity index (χ0) is 24.2. The molecule has 9 nitrogen and oxygen atoms in total.